The highest BCUT2D eigenvalue weighted by Crippen LogP contribution is 1.98. The van der Waals surface area contributed by atoms with Crippen LogP contribution >= 0.6 is 0 Å². The van der Waals surface area contributed by atoms with Crippen molar-refractivity contribution in [3.63, 3.8) is 0 Å². The van der Waals surface area contributed by atoms with Gasteiger partial charge in [0.1, 0.15) is 0 Å². The number of methoxy groups -OCH3 is 1. The Morgan fingerprint density at radius 2 is 1.92 bits per heavy atom. The predicted molar refractivity (Wildman–Crippen MR) is 48.4 cm³/mol. The molecule has 0 aromatic rings. The Labute approximate surface area is 75.0 Å². The van der Waals surface area contributed by atoms with Crippen LogP contribution in [-0.4, -0.2) is 39.6 Å². The standard InChI is InChI=1S/C9H20O3/c1-4-9(12-5-2)8-11-7-6-10-3/h9H,4-8H2,1-3H3. The molecule has 74 valence electrons. The Morgan fingerprint density at radius 1 is 1.17 bits per heavy atom. The molecule has 0 aliphatic carbocycles. The Balaban J connectivity index is 3.19. The second-order valence-corrected chi connectivity index (χ2v) is 2.55. The first-order valence-electron chi connectivity index (χ1n) is 4.53. The van der Waals surface area contributed by atoms with Crippen LogP contribution in [0, 0.1) is 0 Å². The third kappa shape index (κ3) is 6.58. The minimum absolute atomic E-state index is 0.242. The van der Waals surface area contributed by atoms with Crippen molar-refractivity contribution in [2.75, 3.05) is 33.5 Å². The summed E-state index contributed by atoms with van der Waals surface area (Å²) in [5, 5.41) is 0. The SMILES string of the molecule is CCOC(CC)COCCOC. The van der Waals surface area contributed by atoms with Crippen LogP contribution in [0.2, 0.25) is 0 Å². The maximum Gasteiger partial charge on any atom is 0.0805 e. The van der Waals surface area contributed by atoms with Crippen LogP contribution in [-0.2, 0) is 14.2 Å². The smallest absolute Gasteiger partial charge is 0.0805 e. The normalized spacial score (nSPS) is 13.2. The lowest BCUT2D eigenvalue weighted by atomic mass is 10.3. The summed E-state index contributed by atoms with van der Waals surface area (Å²) in [5.41, 5.74) is 0. The average Bonchev–Trinajstić information content (AvgIpc) is 2.10. The number of ether oxygens (including phenoxy) is 3. The summed E-state index contributed by atoms with van der Waals surface area (Å²) in [6, 6.07) is 0. The quantitative estimate of drug-likeness (QED) is 0.524. The highest BCUT2D eigenvalue weighted by atomic mass is 16.5. The molecule has 0 radical (unpaired) electrons. The van der Waals surface area contributed by atoms with Crippen molar-refractivity contribution in [2.24, 2.45) is 0 Å². The van der Waals surface area contributed by atoms with Crippen LogP contribution in [0.1, 0.15) is 20.3 Å². The highest BCUT2D eigenvalue weighted by Gasteiger charge is 2.04. The van der Waals surface area contributed by atoms with Gasteiger partial charge in [-0.05, 0) is 13.3 Å². The molecule has 0 rings (SSSR count). The van der Waals surface area contributed by atoms with Gasteiger partial charge in [0.25, 0.3) is 0 Å². The zero-order chi connectivity index (χ0) is 9.23. The topological polar surface area (TPSA) is 27.7 Å². The first-order chi connectivity index (χ1) is 5.85. The van der Waals surface area contributed by atoms with E-state index < -0.39 is 0 Å². The van der Waals surface area contributed by atoms with E-state index in [1.807, 2.05) is 6.92 Å². The van der Waals surface area contributed by atoms with Crippen molar-refractivity contribution in [1.82, 2.24) is 0 Å². The third-order valence-electron chi connectivity index (χ3n) is 1.59. The summed E-state index contributed by atoms with van der Waals surface area (Å²) in [4.78, 5) is 0. The van der Waals surface area contributed by atoms with Gasteiger partial charge in [0.2, 0.25) is 0 Å². The van der Waals surface area contributed by atoms with Crippen molar-refractivity contribution in [2.45, 2.75) is 26.4 Å². The van der Waals surface area contributed by atoms with Gasteiger partial charge < -0.3 is 14.2 Å². The van der Waals surface area contributed by atoms with E-state index >= 15 is 0 Å². The summed E-state index contributed by atoms with van der Waals surface area (Å²) in [5.74, 6) is 0. The van der Waals surface area contributed by atoms with E-state index in [0.717, 1.165) is 13.0 Å². The molecule has 1 atom stereocenters. The Hall–Kier alpha value is -0.120. The molecule has 0 saturated heterocycles. The number of rotatable bonds is 8. The molecule has 0 fully saturated rings. The van der Waals surface area contributed by atoms with Crippen LogP contribution in [0.15, 0.2) is 0 Å². The minimum atomic E-state index is 0.242. The van der Waals surface area contributed by atoms with Crippen LogP contribution in [0.25, 0.3) is 0 Å². The van der Waals surface area contributed by atoms with Crippen LogP contribution in [0.5, 0.6) is 0 Å². The van der Waals surface area contributed by atoms with Gasteiger partial charge in [0.05, 0.1) is 25.9 Å². The summed E-state index contributed by atoms with van der Waals surface area (Å²) >= 11 is 0. The zero-order valence-electron chi connectivity index (χ0n) is 8.34. The Bertz CT molecular complexity index is 85.8. The Morgan fingerprint density at radius 3 is 2.42 bits per heavy atom. The minimum Gasteiger partial charge on any atom is -0.382 e. The van der Waals surface area contributed by atoms with E-state index in [9.17, 15) is 0 Å². The molecule has 0 heterocycles. The second-order valence-electron chi connectivity index (χ2n) is 2.55. The number of hydrogen-bond donors (Lipinski definition) is 0. The highest BCUT2D eigenvalue weighted by molar-refractivity contribution is 4.52. The van der Waals surface area contributed by atoms with E-state index in [1.165, 1.54) is 0 Å². The lowest BCUT2D eigenvalue weighted by Gasteiger charge is -2.14. The van der Waals surface area contributed by atoms with Crippen LogP contribution < -0.4 is 0 Å². The summed E-state index contributed by atoms with van der Waals surface area (Å²) in [6.45, 7) is 6.83. The Kier molecular flexibility index (Phi) is 8.88. The van der Waals surface area contributed by atoms with Gasteiger partial charge in [0.15, 0.2) is 0 Å². The van der Waals surface area contributed by atoms with E-state index in [2.05, 4.69) is 6.92 Å². The van der Waals surface area contributed by atoms with Crippen molar-refractivity contribution >= 4 is 0 Å². The second kappa shape index (κ2) is 8.97. The largest absolute Gasteiger partial charge is 0.382 e. The third-order valence-corrected chi connectivity index (χ3v) is 1.59. The van der Waals surface area contributed by atoms with Gasteiger partial charge >= 0.3 is 0 Å². The molecular weight excluding hydrogens is 156 g/mol. The summed E-state index contributed by atoms with van der Waals surface area (Å²) < 4.78 is 15.6. The van der Waals surface area contributed by atoms with E-state index in [1.54, 1.807) is 7.11 Å². The maximum absolute atomic E-state index is 5.41. The summed E-state index contributed by atoms with van der Waals surface area (Å²) in [6.07, 6.45) is 1.24. The van der Waals surface area contributed by atoms with Gasteiger partial charge in [-0.3, -0.25) is 0 Å². The van der Waals surface area contributed by atoms with Crippen LogP contribution in [0.3, 0.4) is 0 Å². The summed E-state index contributed by atoms with van der Waals surface area (Å²) in [7, 11) is 1.67. The van der Waals surface area contributed by atoms with E-state index in [-0.39, 0.29) is 6.10 Å². The molecule has 1 unspecified atom stereocenters. The van der Waals surface area contributed by atoms with Gasteiger partial charge in [-0.2, -0.15) is 0 Å². The fraction of sp³-hybridized carbons (Fsp3) is 1.00. The molecule has 3 heteroatoms. The van der Waals surface area contributed by atoms with Crippen molar-refractivity contribution in [3.05, 3.63) is 0 Å². The number of hydrogen-bond acceptors (Lipinski definition) is 3. The molecule has 0 aromatic carbocycles. The molecule has 0 aliphatic heterocycles. The van der Waals surface area contributed by atoms with Gasteiger partial charge in [-0.1, -0.05) is 6.92 Å². The predicted octanol–water partition coefficient (Wildman–Crippen LogP) is 1.46. The lowest BCUT2D eigenvalue weighted by molar-refractivity contribution is -0.0242. The van der Waals surface area contributed by atoms with E-state index in [4.69, 9.17) is 14.2 Å². The molecule has 0 spiro atoms. The monoisotopic (exact) mass is 176 g/mol. The van der Waals surface area contributed by atoms with Crippen molar-refractivity contribution in [1.29, 1.82) is 0 Å². The molecule has 0 bridgehead atoms. The van der Waals surface area contributed by atoms with Crippen LogP contribution in [0.4, 0.5) is 0 Å². The lowest BCUT2D eigenvalue weighted by Crippen LogP contribution is -2.20. The van der Waals surface area contributed by atoms with Gasteiger partial charge in [-0.25, -0.2) is 0 Å². The first-order valence-corrected chi connectivity index (χ1v) is 4.53. The molecule has 0 aromatic heterocycles. The molecule has 0 amide bonds. The van der Waals surface area contributed by atoms with Gasteiger partial charge in [-0.15, -0.1) is 0 Å². The molecule has 0 saturated carbocycles. The molecule has 3 nitrogen and oxygen atoms in total. The fourth-order valence-electron chi connectivity index (χ4n) is 0.877. The van der Waals surface area contributed by atoms with E-state index in [0.29, 0.717) is 19.8 Å². The fourth-order valence-corrected chi connectivity index (χ4v) is 0.877. The van der Waals surface area contributed by atoms with Crippen molar-refractivity contribution in [3.8, 4) is 0 Å². The molecule has 0 aliphatic rings. The first kappa shape index (κ1) is 11.9. The molecule has 0 N–H and O–H groups in total. The molecular formula is C9H20O3. The molecule has 12 heavy (non-hydrogen) atoms. The van der Waals surface area contributed by atoms with Gasteiger partial charge in [0, 0.05) is 13.7 Å². The average molecular weight is 176 g/mol. The zero-order valence-corrected chi connectivity index (χ0v) is 8.34. The van der Waals surface area contributed by atoms with Crippen molar-refractivity contribution < 1.29 is 14.2 Å². The maximum atomic E-state index is 5.41.